The number of allylic oxidation sites excluding steroid dienone is 1. The highest BCUT2D eigenvalue weighted by atomic mass is 32.2. The second-order valence-corrected chi connectivity index (χ2v) is 18.0. The molecule has 1 saturated heterocycles. The molecule has 3 rings (SSSR count). The number of nitrogens with zero attached hydrogens (tertiary/aromatic N) is 4. The number of thioether (sulfide) groups is 1. The first-order valence-corrected chi connectivity index (χ1v) is 22.1. The first kappa shape index (κ1) is 49.1. The molecule has 26 nitrogen and oxygen atoms in total. The summed E-state index contributed by atoms with van der Waals surface area (Å²) in [6.07, 6.45) is -4.35. The third-order valence-electron chi connectivity index (χ3n) is 7.73. The van der Waals surface area contributed by atoms with Gasteiger partial charge in [0.15, 0.2) is 17.7 Å². The number of unbranched alkanes of at least 4 members (excludes halogenated alkanes) is 1. The molecule has 2 aromatic heterocycles. The number of carboxylic acids is 1. The Morgan fingerprint density at radius 2 is 1.76 bits per heavy atom. The van der Waals surface area contributed by atoms with Crippen molar-refractivity contribution in [2.24, 2.45) is 5.41 Å². The number of nitrogen functional groups attached to an aromatic ring is 1. The summed E-state index contributed by atoms with van der Waals surface area (Å²) in [6.45, 7) is -0.128. The summed E-state index contributed by atoms with van der Waals surface area (Å²) in [6, 6.07) is 0. The molecule has 2 aromatic rings. The van der Waals surface area contributed by atoms with Crippen LogP contribution in [-0.4, -0.2) is 109 Å². The number of phosphoric acid groups is 3. The zero-order valence-corrected chi connectivity index (χ0v) is 34.0. The quantitative estimate of drug-likeness (QED) is 0.0377. The molecular formula is C28H39N7O19P3S-5. The maximum Gasteiger partial charge on any atom is 0.274 e. The second-order valence-electron chi connectivity index (χ2n) is 12.8. The van der Waals surface area contributed by atoms with Crippen LogP contribution in [0.15, 0.2) is 24.8 Å². The minimum atomic E-state index is -5.93. The molecule has 0 radical (unpaired) electrons. The number of amides is 2. The van der Waals surface area contributed by atoms with Gasteiger partial charge in [0.05, 0.1) is 27.4 Å². The number of nitrogens with one attached hydrogen (secondary N) is 2. The number of imidazole rings is 1. The third-order valence-corrected chi connectivity index (χ3v) is 11.6. The van der Waals surface area contributed by atoms with Crippen LogP contribution in [0.25, 0.3) is 11.2 Å². The number of aromatic nitrogens is 4. The van der Waals surface area contributed by atoms with Crippen LogP contribution in [-0.2, 0) is 55.5 Å². The van der Waals surface area contributed by atoms with E-state index in [-0.39, 0.29) is 53.8 Å². The highest BCUT2D eigenvalue weighted by molar-refractivity contribution is 8.14. The molecule has 0 bridgehead atoms. The Balaban J connectivity index is 1.45. The zero-order valence-electron chi connectivity index (χ0n) is 30.5. The molecule has 7 atom stereocenters. The highest BCUT2D eigenvalue weighted by Crippen LogP contribution is 2.56. The van der Waals surface area contributed by atoms with Crippen molar-refractivity contribution in [1.82, 2.24) is 30.2 Å². The lowest BCUT2D eigenvalue weighted by Gasteiger charge is -2.36. The molecule has 6 N–H and O–H groups in total. The number of aliphatic carboxylic acids is 1. The average Bonchev–Trinajstić information content (AvgIpc) is 3.67. The van der Waals surface area contributed by atoms with Gasteiger partial charge in [-0.05, 0) is 25.3 Å². The van der Waals surface area contributed by atoms with E-state index in [4.69, 9.17) is 10.5 Å². The van der Waals surface area contributed by atoms with Crippen LogP contribution in [0.1, 0.15) is 45.8 Å². The minimum absolute atomic E-state index is 0.0318. The lowest BCUT2D eigenvalue weighted by Crippen LogP contribution is -2.46. The standard InChI is InChI=1S/C28H44N7O19P3S/c1-28(2,23(41)26(42)31-9-8-17(36)30-10-11-58-19(39)7-5-3-4-6-18(37)38)13-51-57(48,49)54-56(46,47)50-12-16-22(53-55(43,44)45)21(40)27(52-16)35-15-34-20-24(29)32-14-33-25(20)35/h5,7,14-16,21-23,27,40-41H,3-4,6,8-13H2,1-2H3,(H,30,36)(H,31,42)(H,37,38)(H,46,47)(H,48,49)(H2,29,32,33)(H2,43,44,45)/p-5/t16-,21-,22-,23+,27-/m1/s1. The largest absolute Gasteiger partial charge is 0.790 e. The summed E-state index contributed by atoms with van der Waals surface area (Å²) in [4.78, 5) is 106. The summed E-state index contributed by atoms with van der Waals surface area (Å²) in [5.74, 6) is -2.62. The predicted molar refractivity (Wildman–Crippen MR) is 186 cm³/mol. The van der Waals surface area contributed by atoms with Crippen molar-refractivity contribution in [3.8, 4) is 0 Å². The van der Waals surface area contributed by atoms with Crippen molar-refractivity contribution < 1.29 is 90.4 Å². The van der Waals surface area contributed by atoms with E-state index in [1.807, 2.05) is 0 Å². The SMILES string of the molecule is CC(C)(COP(=O)([O-])OP(=O)([O-])OC[C@H]1O[C@@H](n2cnc3c(N)ncnc32)[C@H](O)[C@@H]1OP(=O)([O-])[O-])[C@@H](O)C(=O)NCCC(=O)NCCSC(=O)C=CCCCC(=O)[O-]. The van der Waals surface area contributed by atoms with E-state index >= 15 is 0 Å². The van der Waals surface area contributed by atoms with Crippen LogP contribution in [0.3, 0.4) is 0 Å². The molecular weight excluding hydrogens is 863 g/mol. The lowest BCUT2D eigenvalue weighted by atomic mass is 9.87. The number of hydrogen-bond acceptors (Lipinski definition) is 24. The molecule has 58 heavy (non-hydrogen) atoms. The van der Waals surface area contributed by atoms with E-state index in [0.717, 1.165) is 29.0 Å². The number of hydrogen-bond donors (Lipinski definition) is 5. The van der Waals surface area contributed by atoms with Gasteiger partial charge in [-0.1, -0.05) is 31.7 Å². The van der Waals surface area contributed by atoms with Gasteiger partial charge in [0, 0.05) is 36.6 Å². The molecule has 1 aliphatic heterocycles. The van der Waals surface area contributed by atoms with Crippen LogP contribution in [0.4, 0.5) is 5.82 Å². The molecule has 0 aromatic carbocycles. The molecule has 2 amide bonds. The molecule has 326 valence electrons. The smallest absolute Gasteiger partial charge is 0.274 e. The Kier molecular flexibility index (Phi) is 18.1. The zero-order chi connectivity index (χ0) is 43.5. The summed E-state index contributed by atoms with van der Waals surface area (Å²) < 4.78 is 60.4. The van der Waals surface area contributed by atoms with Gasteiger partial charge in [-0.2, -0.15) is 0 Å². The number of carbonyl (C=O) groups is 4. The number of fused-ring (bicyclic) bond motifs is 1. The van der Waals surface area contributed by atoms with Gasteiger partial charge in [-0.25, -0.2) is 19.3 Å². The van der Waals surface area contributed by atoms with Gasteiger partial charge < -0.3 is 78.9 Å². The average molecular weight is 903 g/mol. The molecule has 0 spiro atoms. The monoisotopic (exact) mass is 902 g/mol. The van der Waals surface area contributed by atoms with E-state index in [1.54, 1.807) is 0 Å². The third kappa shape index (κ3) is 15.7. The van der Waals surface area contributed by atoms with Gasteiger partial charge in [-0.15, -0.1) is 0 Å². The van der Waals surface area contributed by atoms with Crippen molar-refractivity contribution >= 4 is 75.1 Å². The number of aliphatic hydroxyl groups is 2. The molecule has 3 heterocycles. The van der Waals surface area contributed by atoms with Gasteiger partial charge in [-0.3, -0.25) is 28.1 Å². The highest BCUT2D eigenvalue weighted by Gasteiger charge is 2.47. The summed E-state index contributed by atoms with van der Waals surface area (Å²) in [5.41, 5.74) is 4.01. The molecule has 1 fully saturated rings. The van der Waals surface area contributed by atoms with Crippen LogP contribution < -0.4 is 41.0 Å². The molecule has 1 aliphatic rings. The number of aliphatic hydroxyl groups excluding tert-OH is 2. The minimum Gasteiger partial charge on any atom is -0.790 e. The van der Waals surface area contributed by atoms with E-state index in [0.29, 0.717) is 12.8 Å². The van der Waals surface area contributed by atoms with Gasteiger partial charge in [0.2, 0.25) is 16.9 Å². The normalized spacial score (nSPS) is 21.4. The van der Waals surface area contributed by atoms with Crippen LogP contribution >= 0.6 is 35.2 Å². The van der Waals surface area contributed by atoms with Crippen molar-refractivity contribution in [3.05, 3.63) is 24.8 Å². The fraction of sp³-hybridized carbons (Fsp3) is 0.607. The van der Waals surface area contributed by atoms with Crippen LogP contribution in [0.5, 0.6) is 0 Å². The molecule has 0 saturated carbocycles. The second kappa shape index (κ2) is 21.3. The summed E-state index contributed by atoms with van der Waals surface area (Å²) in [7, 11) is -17.6. The maximum atomic E-state index is 12.5. The molecule has 30 heteroatoms. The van der Waals surface area contributed by atoms with Crippen LogP contribution in [0.2, 0.25) is 0 Å². The number of carboxylic acid groups (broad SMARTS) is 1. The van der Waals surface area contributed by atoms with Crippen molar-refractivity contribution in [1.29, 1.82) is 0 Å². The fourth-order valence-corrected chi connectivity index (χ4v) is 8.18. The molecule has 2 unspecified atom stereocenters. The van der Waals surface area contributed by atoms with Gasteiger partial charge in [0.25, 0.3) is 15.6 Å². The van der Waals surface area contributed by atoms with Crippen molar-refractivity contribution in [3.63, 3.8) is 0 Å². The van der Waals surface area contributed by atoms with E-state index in [9.17, 15) is 67.8 Å². The summed E-state index contributed by atoms with van der Waals surface area (Å²) in [5, 5.41) is 36.1. The number of anilines is 1. The predicted octanol–water partition coefficient (Wildman–Crippen LogP) is -4.39. The Morgan fingerprint density at radius 3 is 2.43 bits per heavy atom. The molecule has 0 aliphatic carbocycles. The van der Waals surface area contributed by atoms with Gasteiger partial charge >= 0.3 is 0 Å². The number of rotatable bonds is 24. The Labute approximate surface area is 333 Å². The van der Waals surface area contributed by atoms with E-state index < -0.39 is 90.5 Å². The van der Waals surface area contributed by atoms with Crippen LogP contribution in [0, 0.1) is 5.41 Å². The van der Waals surface area contributed by atoms with Crippen molar-refractivity contribution in [2.75, 3.05) is 37.8 Å². The Hall–Kier alpha value is -3.23. The topological polar surface area (TPSA) is 415 Å². The van der Waals surface area contributed by atoms with E-state index in [1.165, 1.54) is 26.0 Å². The lowest BCUT2D eigenvalue weighted by molar-refractivity contribution is -0.347. The first-order chi connectivity index (χ1) is 26.9. The van der Waals surface area contributed by atoms with E-state index in [2.05, 4.69) is 43.5 Å². The number of ether oxygens (including phenoxy) is 1. The fourth-order valence-electron chi connectivity index (χ4n) is 4.85. The maximum absolute atomic E-state index is 12.5. The van der Waals surface area contributed by atoms with Crippen molar-refractivity contribution in [2.45, 2.75) is 70.2 Å². The Morgan fingerprint density at radius 1 is 1.07 bits per heavy atom. The first-order valence-electron chi connectivity index (χ1n) is 16.8. The number of nitrogens with two attached hydrogens (primary N) is 1. The number of phosphoric ester groups is 3. The summed E-state index contributed by atoms with van der Waals surface area (Å²) >= 11 is 0.907. The Bertz CT molecular complexity index is 1950. The number of carbonyl (C=O) groups excluding carboxylic acids is 4. The van der Waals surface area contributed by atoms with Gasteiger partial charge in [0.1, 0.15) is 36.3 Å².